The van der Waals surface area contributed by atoms with Crippen LogP contribution >= 0.6 is 12.4 Å². The topological polar surface area (TPSA) is 160 Å². The van der Waals surface area contributed by atoms with E-state index in [9.17, 15) is 24.3 Å². The monoisotopic (exact) mass is 430 g/mol. The van der Waals surface area contributed by atoms with Crippen LogP contribution in [0.5, 0.6) is 5.75 Å². The normalized spacial score (nSPS) is 12.0. The first kappa shape index (κ1) is 26.1. The van der Waals surface area contributed by atoms with Crippen LogP contribution in [0.4, 0.5) is 0 Å². The van der Waals surface area contributed by atoms with E-state index in [-0.39, 0.29) is 44.3 Å². The lowest BCUT2D eigenvalue weighted by atomic mass is 10.1. The zero-order valence-corrected chi connectivity index (χ0v) is 17.1. The third-order valence-electron chi connectivity index (χ3n) is 3.64. The Morgan fingerprint density at radius 1 is 1.07 bits per heavy atom. The van der Waals surface area contributed by atoms with Crippen LogP contribution in [0.2, 0.25) is 0 Å². The van der Waals surface area contributed by atoms with Gasteiger partial charge in [0, 0.05) is 0 Å². The molecule has 0 bridgehead atoms. The van der Waals surface area contributed by atoms with Gasteiger partial charge in [-0.2, -0.15) is 0 Å². The molecule has 0 aromatic heterocycles. The van der Waals surface area contributed by atoms with Crippen molar-refractivity contribution in [3.8, 4) is 5.75 Å². The van der Waals surface area contributed by atoms with E-state index in [4.69, 9.17) is 5.73 Å². The van der Waals surface area contributed by atoms with Crippen LogP contribution in [0.1, 0.15) is 19.4 Å². The Bertz CT molecular complexity index is 698. The fraction of sp³-hybridized carbons (Fsp3) is 0.444. The maximum Gasteiger partial charge on any atom is 0.325 e. The van der Waals surface area contributed by atoms with E-state index in [0.717, 1.165) is 5.56 Å². The summed E-state index contributed by atoms with van der Waals surface area (Å²) >= 11 is 0. The first-order valence-corrected chi connectivity index (χ1v) is 8.76. The molecule has 29 heavy (non-hydrogen) atoms. The molecule has 0 aliphatic rings. The number of rotatable bonds is 10. The molecule has 0 fully saturated rings. The van der Waals surface area contributed by atoms with Crippen molar-refractivity contribution in [2.24, 2.45) is 5.73 Å². The number of halogens is 1. The third-order valence-corrected chi connectivity index (χ3v) is 3.64. The van der Waals surface area contributed by atoms with Crippen LogP contribution < -0.4 is 21.7 Å². The molecule has 6 N–H and O–H groups in total. The molecule has 0 radical (unpaired) electrons. The predicted octanol–water partition coefficient (Wildman–Crippen LogP) is -1.02. The number of hydrogen-bond donors (Lipinski definition) is 5. The van der Waals surface area contributed by atoms with Gasteiger partial charge in [0.05, 0.1) is 19.2 Å². The third kappa shape index (κ3) is 10.3. The maximum atomic E-state index is 12.1. The average Bonchev–Trinajstić information content (AvgIpc) is 2.66. The van der Waals surface area contributed by atoms with Gasteiger partial charge in [-0.05, 0) is 38.0 Å². The molecule has 1 aromatic rings. The number of ether oxygens (including phenoxy) is 1. The zero-order chi connectivity index (χ0) is 21.1. The summed E-state index contributed by atoms with van der Waals surface area (Å²) in [5.41, 5.74) is 6.60. The molecule has 1 aromatic carbocycles. The summed E-state index contributed by atoms with van der Waals surface area (Å²) in [4.78, 5) is 46.8. The largest absolute Gasteiger partial charge is 0.508 e. The van der Waals surface area contributed by atoms with Gasteiger partial charge in [-0.1, -0.05) is 12.1 Å². The van der Waals surface area contributed by atoms with Gasteiger partial charge in [-0.25, -0.2) is 0 Å². The van der Waals surface area contributed by atoms with Gasteiger partial charge in [0.25, 0.3) is 0 Å². The second-order valence-electron chi connectivity index (χ2n) is 6.01. The van der Waals surface area contributed by atoms with Crippen LogP contribution in [0.3, 0.4) is 0 Å². The van der Waals surface area contributed by atoms with Gasteiger partial charge in [-0.15, -0.1) is 12.4 Å². The highest BCUT2D eigenvalue weighted by Gasteiger charge is 2.20. The van der Waals surface area contributed by atoms with Crippen molar-refractivity contribution in [1.29, 1.82) is 0 Å². The fourth-order valence-electron chi connectivity index (χ4n) is 2.13. The number of nitrogens with one attached hydrogen (secondary N) is 3. The van der Waals surface area contributed by atoms with Crippen molar-refractivity contribution in [3.05, 3.63) is 29.8 Å². The molecule has 1 rings (SSSR count). The van der Waals surface area contributed by atoms with Crippen molar-refractivity contribution in [3.63, 3.8) is 0 Å². The fourth-order valence-corrected chi connectivity index (χ4v) is 2.13. The predicted molar refractivity (Wildman–Crippen MR) is 107 cm³/mol. The number of hydrogen-bond acceptors (Lipinski definition) is 7. The molecule has 0 aliphatic carbocycles. The van der Waals surface area contributed by atoms with Crippen LogP contribution in [0.25, 0.3) is 0 Å². The number of amides is 3. The van der Waals surface area contributed by atoms with Crippen LogP contribution in [0.15, 0.2) is 24.3 Å². The van der Waals surface area contributed by atoms with Gasteiger partial charge in [0.15, 0.2) is 0 Å². The molecular weight excluding hydrogens is 404 g/mol. The first-order valence-electron chi connectivity index (χ1n) is 8.76. The number of benzene rings is 1. The Hall–Kier alpha value is -2.85. The molecule has 0 aliphatic heterocycles. The molecule has 11 heteroatoms. The van der Waals surface area contributed by atoms with Gasteiger partial charge in [0.1, 0.15) is 18.3 Å². The van der Waals surface area contributed by atoms with Crippen molar-refractivity contribution < 1.29 is 29.0 Å². The second kappa shape index (κ2) is 13.3. The molecule has 162 valence electrons. The summed E-state index contributed by atoms with van der Waals surface area (Å²) in [5, 5.41) is 16.4. The van der Waals surface area contributed by atoms with E-state index in [0.29, 0.717) is 0 Å². The number of carbonyl (C=O) groups excluding carboxylic acids is 4. The zero-order valence-electron chi connectivity index (χ0n) is 16.3. The van der Waals surface area contributed by atoms with Gasteiger partial charge in [-0.3, -0.25) is 19.2 Å². The molecule has 2 atom stereocenters. The summed E-state index contributed by atoms with van der Waals surface area (Å²) in [7, 11) is 0. The van der Waals surface area contributed by atoms with E-state index in [1.807, 2.05) is 0 Å². The highest BCUT2D eigenvalue weighted by molar-refractivity contribution is 5.92. The molecule has 0 saturated heterocycles. The SMILES string of the molecule is CCOC(=O)CNC(=O)CNC(=O)C(C)NC(=O)C(N)Cc1ccc(O)cc1.Cl. The van der Waals surface area contributed by atoms with E-state index in [1.165, 1.54) is 19.1 Å². The minimum atomic E-state index is -0.906. The highest BCUT2D eigenvalue weighted by atomic mass is 35.5. The van der Waals surface area contributed by atoms with E-state index in [2.05, 4.69) is 20.7 Å². The molecule has 0 spiro atoms. The Morgan fingerprint density at radius 3 is 2.28 bits per heavy atom. The summed E-state index contributed by atoms with van der Waals surface area (Å²) in [6.07, 6.45) is 0.233. The van der Waals surface area contributed by atoms with Crippen LogP contribution in [-0.4, -0.2) is 60.6 Å². The molecule has 2 unspecified atom stereocenters. The van der Waals surface area contributed by atoms with E-state index < -0.39 is 35.8 Å². The lowest BCUT2D eigenvalue weighted by molar-refractivity contribution is -0.143. The highest BCUT2D eigenvalue weighted by Crippen LogP contribution is 2.10. The average molecular weight is 431 g/mol. The minimum absolute atomic E-state index is 0. The summed E-state index contributed by atoms with van der Waals surface area (Å²) < 4.78 is 4.66. The van der Waals surface area contributed by atoms with Gasteiger partial charge < -0.3 is 31.5 Å². The standard InChI is InChI=1S/C18H26N4O6.ClH/c1-3-28-16(25)10-20-15(24)9-21-17(26)11(2)22-18(27)14(19)8-12-4-6-13(23)7-5-12;/h4-7,11,14,23H,3,8-10,19H2,1-2H3,(H,20,24)(H,21,26)(H,22,27);1H. The van der Waals surface area contributed by atoms with E-state index in [1.54, 1.807) is 19.1 Å². The number of aromatic hydroxyl groups is 1. The smallest absolute Gasteiger partial charge is 0.325 e. The summed E-state index contributed by atoms with van der Waals surface area (Å²) in [5.74, 6) is -2.13. The quantitative estimate of drug-likeness (QED) is 0.297. The van der Waals surface area contributed by atoms with Gasteiger partial charge in [0.2, 0.25) is 17.7 Å². The van der Waals surface area contributed by atoms with Gasteiger partial charge >= 0.3 is 5.97 Å². The number of carbonyl (C=O) groups is 4. The number of nitrogens with two attached hydrogens (primary N) is 1. The van der Waals surface area contributed by atoms with Crippen molar-refractivity contribution >= 4 is 36.1 Å². The molecule has 3 amide bonds. The summed E-state index contributed by atoms with van der Waals surface area (Å²) in [6, 6.07) is 4.48. The Labute approximate surface area is 175 Å². The van der Waals surface area contributed by atoms with E-state index >= 15 is 0 Å². The summed E-state index contributed by atoms with van der Waals surface area (Å²) in [6.45, 7) is 2.67. The number of phenols is 1. The van der Waals surface area contributed by atoms with Crippen molar-refractivity contribution in [1.82, 2.24) is 16.0 Å². The second-order valence-corrected chi connectivity index (χ2v) is 6.01. The number of esters is 1. The van der Waals surface area contributed by atoms with Crippen molar-refractivity contribution in [2.75, 3.05) is 19.7 Å². The Morgan fingerprint density at radius 2 is 1.69 bits per heavy atom. The molecular formula is C18H27ClN4O6. The minimum Gasteiger partial charge on any atom is -0.508 e. The lowest BCUT2D eigenvalue weighted by Gasteiger charge is -2.17. The van der Waals surface area contributed by atoms with Crippen LogP contribution in [0, 0.1) is 0 Å². The van der Waals surface area contributed by atoms with Crippen molar-refractivity contribution in [2.45, 2.75) is 32.4 Å². The molecule has 10 nitrogen and oxygen atoms in total. The first-order chi connectivity index (χ1) is 13.2. The Balaban J connectivity index is 0.00000784. The lowest BCUT2D eigenvalue weighted by Crippen LogP contribution is -2.52. The molecule has 0 saturated carbocycles. The molecule has 0 heterocycles. The number of phenolic OH excluding ortho intramolecular Hbond substituents is 1. The maximum absolute atomic E-state index is 12.1. The Kier molecular flexibility index (Phi) is 12.0. The van der Waals surface area contributed by atoms with Crippen LogP contribution in [-0.2, 0) is 30.3 Å².